The minimum Gasteiger partial charge on any atom is -0.454 e. The number of nitrogens with one attached hydrogen (secondary N) is 1. The predicted molar refractivity (Wildman–Crippen MR) is 100 cm³/mol. The van der Waals surface area contributed by atoms with E-state index in [1.165, 1.54) is 34.6 Å². The van der Waals surface area contributed by atoms with E-state index in [9.17, 15) is 9.59 Å². The van der Waals surface area contributed by atoms with Crippen molar-refractivity contribution in [2.75, 3.05) is 13.4 Å². The number of carbonyl (C=O) groups is 2. The number of hydrogen-bond donors (Lipinski definition) is 1. The van der Waals surface area contributed by atoms with Crippen molar-refractivity contribution >= 4 is 23.2 Å². The molecule has 0 spiro atoms. The van der Waals surface area contributed by atoms with Crippen LogP contribution in [0.3, 0.4) is 0 Å². The molecule has 4 rings (SSSR count). The summed E-state index contributed by atoms with van der Waals surface area (Å²) in [6, 6.07) is 7.21. The lowest BCUT2D eigenvalue weighted by Gasteiger charge is -2.14. The summed E-state index contributed by atoms with van der Waals surface area (Å²) in [6.07, 6.45) is 4.38. The maximum atomic E-state index is 12.2. The average Bonchev–Trinajstić information content (AvgIpc) is 3.31. The van der Waals surface area contributed by atoms with Gasteiger partial charge in [0.1, 0.15) is 4.88 Å². The van der Waals surface area contributed by atoms with E-state index in [1.807, 2.05) is 31.2 Å². The molecular formula is C20H21NO5S. The van der Waals surface area contributed by atoms with Crippen LogP contribution < -0.4 is 14.8 Å². The van der Waals surface area contributed by atoms with Crippen LogP contribution in [-0.2, 0) is 22.4 Å². The van der Waals surface area contributed by atoms with Crippen LogP contribution in [0, 0.1) is 0 Å². The number of carbonyl (C=O) groups excluding carboxylic acids is 2. The molecule has 0 saturated heterocycles. The fourth-order valence-electron chi connectivity index (χ4n) is 3.34. The molecule has 1 atom stereocenters. The number of esters is 1. The van der Waals surface area contributed by atoms with Crippen molar-refractivity contribution in [3.05, 3.63) is 45.1 Å². The van der Waals surface area contributed by atoms with Crippen molar-refractivity contribution in [3.63, 3.8) is 0 Å². The van der Waals surface area contributed by atoms with Gasteiger partial charge in [0.2, 0.25) is 6.79 Å². The third-order valence-electron chi connectivity index (χ3n) is 4.81. The maximum Gasteiger partial charge on any atom is 0.348 e. The molecule has 1 aromatic carbocycles. The van der Waals surface area contributed by atoms with Crippen LogP contribution in [-0.4, -0.2) is 25.3 Å². The Balaban J connectivity index is 1.30. The fourth-order valence-corrected chi connectivity index (χ4v) is 4.49. The highest BCUT2D eigenvalue weighted by molar-refractivity contribution is 7.14. The number of ether oxygens (including phenoxy) is 3. The molecule has 0 radical (unpaired) electrons. The smallest absolute Gasteiger partial charge is 0.348 e. The topological polar surface area (TPSA) is 73.9 Å². The van der Waals surface area contributed by atoms with Gasteiger partial charge in [-0.2, -0.15) is 0 Å². The number of benzene rings is 1. The fraction of sp³-hybridized carbons (Fsp3) is 0.400. The van der Waals surface area contributed by atoms with Gasteiger partial charge in [-0.1, -0.05) is 6.07 Å². The predicted octanol–water partition coefficient (Wildman–Crippen LogP) is 3.39. The Labute approximate surface area is 161 Å². The monoisotopic (exact) mass is 387 g/mol. The first-order chi connectivity index (χ1) is 13.1. The van der Waals surface area contributed by atoms with Crippen molar-refractivity contribution in [3.8, 4) is 11.5 Å². The number of amides is 1. The van der Waals surface area contributed by atoms with Crippen molar-refractivity contribution in [1.29, 1.82) is 0 Å². The number of fused-ring (bicyclic) bond motifs is 2. The van der Waals surface area contributed by atoms with Crippen LogP contribution in [0.4, 0.5) is 0 Å². The summed E-state index contributed by atoms with van der Waals surface area (Å²) in [5.74, 6) is 0.599. The Bertz CT molecular complexity index is 852. The van der Waals surface area contributed by atoms with E-state index >= 15 is 0 Å². The molecule has 142 valence electrons. The number of hydrogen-bond acceptors (Lipinski definition) is 6. The quantitative estimate of drug-likeness (QED) is 0.796. The second-order valence-electron chi connectivity index (χ2n) is 6.74. The van der Waals surface area contributed by atoms with Crippen LogP contribution >= 0.6 is 11.3 Å². The number of rotatable bonds is 5. The van der Waals surface area contributed by atoms with Crippen molar-refractivity contribution in [2.45, 2.75) is 38.6 Å². The van der Waals surface area contributed by atoms with E-state index in [1.54, 1.807) is 0 Å². The molecule has 1 amide bonds. The summed E-state index contributed by atoms with van der Waals surface area (Å²) in [5.41, 5.74) is 2.14. The van der Waals surface area contributed by atoms with Crippen LogP contribution in [0.1, 0.15) is 51.5 Å². The first-order valence-electron chi connectivity index (χ1n) is 9.08. The molecule has 6 nitrogen and oxygen atoms in total. The Kier molecular flexibility index (Phi) is 5.03. The lowest BCUT2D eigenvalue weighted by molar-refractivity contribution is -0.124. The van der Waals surface area contributed by atoms with Gasteiger partial charge >= 0.3 is 5.97 Å². The largest absolute Gasteiger partial charge is 0.454 e. The number of aryl methyl sites for hydroxylation is 2. The lowest BCUT2D eigenvalue weighted by Crippen LogP contribution is -2.31. The highest BCUT2D eigenvalue weighted by atomic mass is 32.1. The van der Waals surface area contributed by atoms with E-state index in [4.69, 9.17) is 14.2 Å². The molecule has 27 heavy (non-hydrogen) atoms. The van der Waals surface area contributed by atoms with Gasteiger partial charge < -0.3 is 19.5 Å². The van der Waals surface area contributed by atoms with E-state index in [-0.39, 0.29) is 25.3 Å². The average molecular weight is 387 g/mol. The highest BCUT2D eigenvalue weighted by Crippen LogP contribution is 2.34. The van der Waals surface area contributed by atoms with Crippen LogP contribution in [0.5, 0.6) is 11.5 Å². The Hall–Kier alpha value is -2.54. The first kappa shape index (κ1) is 17.9. The molecule has 0 saturated carbocycles. The van der Waals surface area contributed by atoms with E-state index in [2.05, 4.69) is 5.32 Å². The maximum absolute atomic E-state index is 12.2. The van der Waals surface area contributed by atoms with Gasteiger partial charge in [-0.25, -0.2) is 4.79 Å². The third kappa shape index (κ3) is 3.93. The molecule has 2 aliphatic rings. The first-order valence-corrected chi connectivity index (χ1v) is 9.89. The second-order valence-corrected chi connectivity index (χ2v) is 7.88. The zero-order valence-corrected chi connectivity index (χ0v) is 15.9. The molecule has 2 aromatic rings. The van der Waals surface area contributed by atoms with Crippen molar-refractivity contribution in [2.24, 2.45) is 0 Å². The summed E-state index contributed by atoms with van der Waals surface area (Å²) in [5, 5.41) is 2.83. The van der Waals surface area contributed by atoms with E-state index in [0.717, 1.165) is 18.4 Å². The lowest BCUT2D eigenvalue weighted by atomic mass is 9.99. The summed E-state index contributed by atoms with van der Waals surface area (Å²) >= 11 is 1.49. The standard InChI is InChI=1S/C20H21NO5S/c1-12(13-6-7-15-16(8-13)26-11-25-15)21-19(22)10-24-20(23)18-9-14-4-2-3-5-17(14)27-18/h6-9,12H,2-5,10-11H2,1H3,(H,21,22)/t12-/m0/s1. The van der Waals surface area contributed by atoms with Gasteiger partial charge in [-0.3, -0.25) is 4.79 Å². The van der Waals surface area contributed by atoms with Gasteiger partial charge in [0.25, 0.3) is 5.91 Å². The molecule has 0 fully saturated rings. The Morgan fingerprint density at radius 1 is 1.19 bits per heavy atom. The molecular weight excluding hydrogens is 366 g/mol. The summed E-state index contributed by atoms with van der Waals surface area (Å²) < 4.78 is 15.8. The summed E-state index contributed by atoms with van der Waals surface area (Å²) in [6.45, 7) is 1.78. The molecule has 0 unspecified atom stereocenters. The zero-order chi connectivity index (χ0) is 18.8. The minimum atomic E-state index is -0.430. The molecule has 1 aliphatic heterocycles. The van der Waals surface area contributed by atoms with Gasteiger partial charge in [0.05, 0.1) is 6.04 Å². The molecule has 1 N–H and O–H groups in total. The normalized spacial score (nSPS) is 15.7. The SMILES string of the molecule is C[C@H](NC(=O)COC(=O)c1cc2c(s1)CCCC2)c1ccc2c(c1)OCO2. The molecule has 2 heterocycles. The van der Waals surface area contributed by atoms with Crippen molar-refractivity contribution < 1.29 is 23.8 Å². The molecule has 0 bridgehead atoms. The van der Waals surface area contributed by atoms with E-state index < -0.39 is 5.97 Å². The Morgan fingerprint density at radius 3 is 2.85 bits per heavy atom. The Morgan fingerprint density at radius 2 is 2.00 bits per heavy atom. The minimum absolute atomic E-state index is 0.210. The van der Waals surface area contributed by atoms with Gasteiger partial charge in [0.15, 0.2) is 18.1 Å². The molecule has 1 aromatic heterocycles. The molecule has 7 heteroatoms. The van der Waals surface area contributed by atoms with Gasteiger partial charge in [-0.05, 0) is 61.9 Å². The summed E-state index contributed by atoms with van der Waals surface area (Å²) in [4.78, 5) is 26.2. The van der Waals surface area contributed by atoms with Gasteiger partial charge in [0, 0.05) is 4.88 Å². The van der Waals surface area contributed by atoms with Gasteiger partial charge in [-0.15, -0.1) is 11.3 Å². The summed E-state index contributed by atoms with van der Waals surface area (Å²) in [7, 11) is 0. The van der Waals surface area contributed by atoms with Crippen LogP contribution in [0.2, 0.25) is 0 Å². The molecule has 1 aliphatic carbocycles. The third-order valence-corrected chi connectivity index (χ3v) is 6.02. The highest BCUT2D eigenvalue weighted by Gasteiger charge is 2.20. The van der Waals surface area contributed by atoms with Crippen molar-refractivity contribution in [1.82, 2.24) is 5.32 Å². The van der Waals surface area contributed by atoms with E-state index in [0.29, 0.717) is 16.4 Å². The zero-order valence-electron chi connectivity index (χ0n) is 15.1. The van der Waals surface area contributed by atoms with Crippen LogP contribution in [0.15, 0.2) is 24.3 Å². The number of thiophene rings is 1. The second kappa shape index (κ2) is 7.60. The van der Waals surface area contributed by atoms with Crippen LogP contribution in [0.25, 0.3) is 0 Å².